The van der Waals surface area contributed by atoms with E-state index in [1.807, 2.05) is 51.1 Å². The van der Waals surface area contributed by atoms with Crippen LogP contribution in [-0.2, 0) is 4.79 Å². The molecule has 0 aliphatic rings. The van der Waals surface area contributed by atoms with E-state index in [-0.39, 0.29) is 17.9 Å². The number of benzene rings is 2. The third-order valence-corrected chi connectivity index (χ3v) is 4.47. The Morgan fingerprint density at radius 1 is 1.08 bits per heavy atom. The first kappa shape index (κ1) is 18.0. The molecule has 3 rings (SSSR count). The molecule has 0 radical (unpaired) electrons. The third kappa shape index (κ3) is 3.45. The van der Waals surface area contributed by atoms with Crippen molar-refractivity contribution in [2.75, 3.05) is 0 Å². The maximum Gasteiger partial charge on any atom is 0.243 e. The molecular weight excluding hydrogens is 336 g/mol. The molecule has 1 aromatic heterocycles. The van der Waals surface area contributed by atoms with Gasteiger partial charge in [0.25, 0.3) is 0 Å². The van der Waals surface area contributed by atoms with Gasteiger partial charge in [-0.15, -0.1) is 0 Å². The SMILES string of the molecule is CC(C)[C@H](C(=O)N[C@H](C)c1ccccc1)n1cnc2cc(F)c(F)cc21. The molecule has 2 atom stereocenters. The minimum absolute atomic E-state index is 0.0662. The molecule has 1 heterocycles. The molecule has 0 aliphatic heterocycles. The highest BCUT2D eigenvalue weighted by atomic mass is 19.2. The first-order valence-electron chi connectivity index (χ1n) is 8.55. The largest absolute Gasteiger partial charge is 0.348 e. The van der Waals surface area contributed by atoms with Crippen LogP contribution in [0.15, 0.2) is 48.8 Å². The van der Waals surface area contributed by atoms with Crippen molar-refractivity contribution in [1.82, 2.24) is 14.9 Å². The number of hydrogen-bond acceptors (Lipinski definition) is 2. The van der Waals surface area contributed by atoms with Crippen LogP contribution >= 0.6 is 0 Å². The van der Waals surface area contributed by atoms with Crippen molar-refractivity contribution >= 4 is 16.9 Å². The second-order valence-electron chi connectivity index (χ2n) is 6.74. The number of carbonyl (C=O) groups is 1. The van der Waals surface area contributed by atoms with E-state index >= 15 is 0 Å². The molecule has 0 aliphatic carbocycles. The Morgan fingerprint density at radius 2 is 1.73 bits per heavy atom. The van der Waals surface area contributed by atoms with Crippen molar-refractivity contribution in [2.24, 2.45) is 5.92 Å². The number of nitrogens with one attached hydrogen (secondary N) is 1. The van der Waals surface area contributed by atoms with E-state index in [2.05, 4.69) is 10.3 Å². The van der Waals surface area contributed by atoms with Gasteiger partial charge in [-0.05, 0) is 18.4 Å². The third-order valence-electron chi connectivity index (χ3n) is 4.47. The molecule has 3 aromatic rings. The Balaban J connectivity index is 1.92. The summed E-state index contributed by atoms with van der Waals surface area (Å²) in [6.45, 7) is 5.72. The molecule has 6 heteroatoms. The fourth-order valence-corrected chi connectivity index (χ4v) is 3.12. The van der Waals surface area contributed by atoms with E-state index in [0.717, 1.165) is 17.7 Å². The van der Waals surface area contributed by atoms with Gasteiger partial charge in [-0.3, -0.25) is 4.79 Å². The average molecular weight is 357 g/mol. The molecule has 0 bridgehead atoms. The highest BCUT2D eigenvalue weighted by Crippen LogP contribution is 2.26. The number of nitrogens with zero attached hydrogens (tertiary/aromatic N) is 2. The normalized spacial score (nSPS) is 13.8. The zero-order chi connectivity index (χ0) is 18.8. The summed E-state index contributed by atoms with van der Waals surface area (Å²) in [6, 6.07) is 11.0. The minimum Gasteiger partial charge on any atom is -0.348 e. The van der Waals surface area contributed by atoms with Crippen molar-refractivity contribution in [3.63, 3.8) is 0 Å². The van der Waals surface area contributed by atoms with Crippen LogP contribution in [0, 0.1) is 17.6 Å². The fourth-order valence-electron chi connectivity index (χ4n) is 3.12. The maximum absolute atomic E-state index is 13.7. The van der Waals surface area contributed by atoms with Gasteiger partial charge in [0.05, 0.1) is 23.4 Å². The van der Waals surface area contributed by atoms with Gasteiger partial charge in [-0.2, -0.15) is 0 Å². The highest BCUT2D eigenvalue weighted by Gasteiger charge is 2.27. The number of amides is 1. The summed E-state index contributed by atoms with van der Waals surface area (Å²) in [4.78, 5) is 17.1. The zero-order valence-corrected chi connectivity index (χ0v) is 14.9. The number of aromatic nitrogens is 2. The highest BCUT2D eigenvalue weighted by molar-refractivity contribution is 5.84. The standard InChI is InChI=1S/C20H21F2N3O/c1-12(2)19(20(26)24-13(3)14-7-5-4-6-8-14)25-11-23-17-9-15(21)16(22)10-18(17)25/h4-13,19H,1-3H3,(H,24,26)/t13-,19-/m1/s1. The summed E-state index contributed by atoms with van der Waals surface area (Å²) in [6.07, 6.45) is 1.46. The van der Waals surface area contributed by atoms with Crippen LogP contribution in [0.25, 0.3) is 11.0 Å². The molecule has 0 saturated carbocycles. The number of carbonyl (C=O) groups excluding carboxylic acids is 1. The second-order valence-corrected chi connectivity index (χ2v) is 6.74. The number of fused-ring (bicyclic) bond motifs is 1. The molecule has 0 spiro atoms. The predicted molar refractivity (Wildman–Crippen MR) is 96.5 cm³/mol. The van der Waals surface area contributed by atoms with Gasteiger partial charge in [0, 0.05) is 12.1 Å². The first-order chi connectivity index (χ1) is 12.4. The topological polar surface area (TPSA) is 46.9 Å². The summed E-state index contributed by atoms with van der Waals surface area (Å²) >= 11 is 0. The molecule has 0 unspecified atom stereocenters. The number of halogens is 2. The van der Waals surface area contributed by atoms with Crippen LogP contribution in [0.3, 0.4) is 0 Å². The average Bonchev–Trinajstić information content (AvgIpc) is 2.98. The van der Waals surface area contributed by atoms with Crippen LogP contribution < -0.4 is 5.32 Å². The van der Waals surface area contributed by atoms with Gasteiger partial charge in [0.1, 0.15) is 6.04 Å². The van der Waals surface area contributed by atoms with E-state index < -0.39 is 17.7 Å². The lowest BCUT2D eigenvalue weighted by Gasteiger charge is -2.25. The Bertz CT molecular complexity index is 921. The van der Waals surface area contributed by atoms with Crippen molar-refractivity contribution < 1.29 is 13.6 Å². The van der Waals surface area contributed by atoms with Crippen LogP contribution in [0.4, 0.5) is 8.78 Å². The Hall–Kier alpha value is -2.76. The van der Waals surface area contributed by atoms with Gasteiger partial charge in [-0.25, -0.2) is 13.8 Å². The smallest absolute Gasteiger partial charge is 0.243 e. The van der Waals surface area contributed by atoms with Gasteiger partial charge in [-0.1, -0.05) is 44.2 Å². The van der Waals surface area contributed by atoms with Gasteiger partial charge in [0.2, 0.25) is 5.91 Å². The minimum atomic E-state index is -0.959. The van der Waals surface area contributed by atoms with Gasteiger partial charge in [0.15, 0.2) is 11.6 Å². The lowest BCUT2D eigenvalue weighted by molar-refractivity contribution is -0.126. The predicted octanol–water partition coefficient (Wildman–Crippen LogP) is 4.39. The van der Waals surface area contributed by atoms with E-state index in [0.29, 0.717) is 11.0 Å². The summed E-state index contributed by atoms with van der Waals surface area (Å²) in [5, 5.41) is 3.00. The van der Waals surface area contributed by atoms with Crippen LogP contribution in [0.1, 0.15) is 38.4 Å². The monoisotopic (exact) mass is 357 g/mol. The van der Waals surface area contributed by atoms with E-state index in [9.17, 15) is 13.6 Å². The lowest BCUT2D eigenvalue weighted by atomic mass is 10.0. The van der Waals surface area contributed by atoms with Crippen molar-refractivity contribution in [2.45, 2.75) is 32.9 Å². The molecule has 0 fully saturated rings. The number of imidazole rings is 1. The van der Waals surface area contributed by atoms with Crippen molar-refractivity contribution in [1.29, 1.82) is 0 Å². The fraction of sp³-hybridized carbons (Fsp3) is 0.300. The number of hydrogen-bond donors (Lipinski definition) is 1. The molecule has 1 amide bonds. The van der Waals surface area contributed by atoms with Crippen molar-refractivity contribution in [3.8, 4) is 0 Å². The molecule has 136 valence electrons. The van der Waals surface area contributed by atoms with Crippen molar-refractivity contribution in [3.05, 3.63) is 66.0 Å². The quantitative estimate of drug-likeness (QED) is 0.736. The molecular formula is C20H21F2N3O. The van der Waals surface area contributed by atoms with E-state index in [1.54, 1.807) is 4.57 Å². The maximum atomic E-state index is 13.7. The molecule has 26 heavy (non-hydrogen) atoms. The molecule has 2 aromatic carbocycles. The van der Waals surface area contributed by atoms with Gasteiger partial charge >= 0.3 is 0 Å². The van der Waals surface area contributed by atoms with Gasteiger partial charge < -0.3 is 9.88 Å². The van der Waals surface area contributed by atoms with Crippen LogP contribution in [0.5, 0.6) is 0 Å². The molecule has 4 nitrogen and oxygen atoms in total. The number of rotatable bonds is 5. The summed E-state index contributed by atoms with van der Waals surface area (Å²) in [7, 11) is 0. The van der Waals surface area contributed by atoms with E-state index in [1.165, 1.54) is 6.33 Å². The van der Waals surface area contributed by atoms with E-state index in [4.69, 9.17) is 0 Å². The second kappa shape index (κ2) is 7.23. The molecule has 1 N–H and O–H groups in total. The van der Waals surface area contributed by atoms with Crippen LogP contribution in [-0.4, -0.2) is 15.5 Å². The Labute approximate surface area is 150 Å². The first-order valence-corrected chi connectivity index (χ1v) is 8.55. The Kier molecular flexibility index (Phi) is 5.02. The summed E-state index contributed by atoms with van der Waals surface area (Å²) < 4.78 is 28.7. The molecule has 0 saturated heterocycles. The summed E-state index contributed by atoms with van der Waals surface area (Å²) in [5.74, 6) is -2.17. The lowest BCUT2D eigenvalue weighted by Crippen LogP contribution is -2.36. The summed E-state index contributed by atoms with van der Waals surface area (Å²) in [5.41, 5.74) is 1.70. The zero-order valence-electron chi connectivity index (χ0n) is 14.9. The van der Waals surface area contributed by atoms with Crippen LogP contribution in [0.2, 0.25) is 0 Å². The Morgan fingerprint density at radius 3 is 2.38 bits per heavy atom.